The summed E-state index contributed by atoms with van der Waals surface area (Å²) in [6.45, 7) is 9.40. The molecule has 0 fully saturated rings. The molecule has 0 spiro atoms. The van der Waals surface area contributed by atoms with Crippen molar-refractivity contribution in [2.45, 2.75) is 56.8 Å². The molecule has 0 saturated carbocycles. The third-order valence-electron chi connectivity index (χ3n) is 16.1. The van der Waals surface area contributed by atoms with E-state index in [-0.39, 0.29) is 10.8 Å². The monoisotopic (exact) mass is 885 g/mol. The molecule has 0 saturated heterocycles. The molecule has 9 aromatic rings. The Kier molecular flexibility index (Phi) is 9.05. The second-order valence-corrected chi connectivity index (χ2v) is 19.9. The number of terminal acetylenes is 1. The van der Waals surface area contributed by atoms with Crippen LogP contribution in [0.1, 0.15) is 89.9 Å². The topological polar surface area (TPSA) is 16.4 Å². The lowest BCUT2D eigenvalue weighted by Gasteiger charge is -2.36. The van der Waals surface area contributed by atoms with E-state index in [9.17, 15) is 0 Å². The fraction of sp³-hybridized carbons (Fsp3) is 0.134. The average molecular weight is 886 g/mol. The number of allylic oxidation sites excluding steroid dienone is 6. The standard InChI is InChI=1S/C67H51NO/c1-6-47-48-27-16-20-35-57(48)67(44-23-9-7-10-24-44,45-25-11-8-12-26-45)60(47)41-43(2)68(46-39-40-52-49-28-13-17-32-54(49)65(3,4)59(52)42-46)61-37-22-38-62-63(61)53-31-21-36-58(64(53)69-62)66(5)55-33-18-14-29-50(55)51-30-15-19-34-56(51)66/h1,7-20,22-30,32-42H,21,31H2,2-5H3/b43-41+. The van der Waals surface area contributed by atoms with Gasteiger partial charge in [0.25, 0.3) is 0 Å². The van der Waals surface area contributed by atoms with Crippen LogP contribution in [0.4, 0.5) is 11.4 Å². The number of hydrogen-bond donors (Lipinski definition) is 0. The summed E-state index contributed by atoms with van der Waals surface area (Å²) in [7, 11) is 0. The first-order valence-corrected chi connectivity index (χ1v) is 24.4. The first-order valence-electron chi connectivity index (χ1n) is 24.4. The van der Waals surface area contributed by atoms with Crippen molar-refractivity contribution >= 4 is 33.5 Å². The molecule has 8 aromatic carbocycles. The van der Waals surface area contributed by atoms with Gasteiger partial charge >= 0.3 is 0 Å². The van der Waals surface area contributed by atoms with E-state index in [1.807, 2.05) is 0 Å². The fourth-order valence-corrected chi connectivity index (χ4v) is 13.1. The largest absolute Gasteiger partial charge is 0.456 e. The van der Waals surface area contributed by atoms with E-state index >= 15 is 0 Å². The zero-order valence-electron chi connectivity index (χ0n) is 39.5. The Labute approximate surface area is 405 Å². The predicted molar refractivity (Wildman–Crippen MR) is 286 cm³/mol. The third-order valence-corrected chi connectivity index (χ3v) is 16.1. The van der Waals surface area contributed by atoms with Gasteiger partial charge in [0.05, 0.1) is 11.1 Å². The van der Waals surface area contributed by atoms with Crippen LogP contribution in [-0.2, 0) is 22.7 Å². The Morgan fingerprint density at radius 2 is 1.13 bits per heavy atom. The molecular formula is C67H51NO. The minimum absolute atomic E-state index is 0.197. The van der Waals surface area contributed by atoms with Gasteiger partial charge < -0.3 is 9.32 Å². The maximum Gasteiger partial charge on any atom is 0.137 e. The van der Waals surface area contributed by atoms with Crippen LogP contribution in [0.5, 0.6) is 0 Å². The molecule has 69 heavy (non-hydrogen) atoms. The van der Waals surface area contributed by atoms with Crippen molar-refractivity contribution in [3.63, 3.8) is 0 Å². The summed E-state index contributed by atoms with van der Waals surface area (Å²) in [4.78, 5) is 2.49. The maximum absolute atomic E-state index is 7.28. The molecule has 0 radical (unpaired) electrons. The Hall–Kier alpha value is -8.12. The van der Waals surface area contributed by atoms with Gasteiger partial charge in [-0.15, -0.1) is 6.42 Å². The predicted octanol–water partition coefficient (Wildman–Crippen LogP) is 16.5. The highest BCUT2D eigenvalue weighted by Gasteiger charge is 2.48. The summed E-state index contributed by atoms with van der Waals surface area (Å²) >= 11 is 0. The molecule has 1 aromatic heterocycles. The van der Waals surface area contributed by atoms with Crippen LogP contribution in [0.15, 0.2) is 222 Å². The number of furan rings is 1. The van der Waals surface area contributed by atoms with Gasteiger partial charge in [-0.25, -0.2) is 0 Å². The van der Waals surface area contributed by atoms with Crippen LogP contribution in [0.25, 0.3) is 44.4 Å². The van der Waals surface area contributed by atoms with E-state index in [0.717, 1.165) is 63.4 Å². The minimum atomic E-state index is -0.681. The molecule has 0 bridgehead atoms. The van der Waals surface area contributed by atoms with Crippen molar-refractivity contribution in [3.05, 3.63) is 273 Å². The SMILES string of the molecule is C#CC1=C(/C=C(\C)N(c2ccc3c(c2)C(C)(C)c2ccccc2-3)c2cccc3oc4c(c23)CCC=C4C2(C)c3ccccc3-c3ccccc32)C(c2ccccc2)(c2ccccc2)c2ccccc21. The van der Waals surface area contributed by atoms with Crippen molar-refractivity contribution in [2.75, 3.05) is 4.90 Å². The van der Waals surface area contributed by atoms with E-state index in [1.165, 1.54) is 72.3 Å². The second-order valence-electron chi connectivity index (χ2n) is 19.9. The van der Waals surface area contributed by atoms with Gasteiger partial charge in [0, 0.05) is 44.3 Å². The molecule has 4 aliphatic carbocycles. The quantitative estimate of drug-likeness (QED) is 0.148. The van der Waals surface area contributed by atoms with Crippen molar-refractivity contribution in [2.24, 2.45) is 0 Å². The van der Waals surface area contributed by atoms with Crippen LogP contribution < -0.4 is 4.90 Å². The van der Waals surface area contributed by atoms with Crippen LogP contribution in [0.2, 0.25) is 0 Å². The lowest BCUT2D eigenvalue weighted by molar-refractivity contribution is 0.572. The van der Waals surface area contributed by atoms with Crippen molar-refractivity contribution < 1.29 is 4.42 Å². The first-order chi connectivity index (χ1) is 33.8. The smallest absolute Gasteiger partial charge is 0.137 e. The molecule has 0 amide bonds. The summed E-state index contributed by atoms with van der Waals surface area (Å²) < 4.78 is 7.28. The summed E-state index contributed by atoms with van der Waals surface area (Å²) in [5.74, 6) is 4.24. The van der Waals surface area contributed by atoms with E-state index in [0.29, 0.717) is 0 Å². The molecule has 1 heterocycles. The highest BCUT2D eigenvalue weighted by atomic mass is 16.3. The molecule has 0 N–H and O–H groups in total. The Balaban J connectivity index is 1.07. The molecule has 0 aliphatic heterocycles. The molecule has 330 valence electrons. The van der Waals surface area contributed by atoms with Gasteiger partial charge in [-0.2, -0.15) is 0 Å². The van der Waals surface area contributed by atoms with E-state index in [2.05, 4.69) is 245 Å². The number of fused-ring (bicyclic) bond motifs is 10. The van der Waals surface area contributed by atoms with E-state index < -0.39 is 5.41 Å². The van der Waals surface area contributed by atoms with Gasteiger partial charge in [-0.3, -0.25) is 0 Å². The zero-order valence-corrected chi connectivity index (χ0v) is 39.5. The molecule has 2 heteroatoms. The summed E-state index contributed by atoms with van der Waals surface area (Å²) in [6, 6.07) is 71.1. The number of anilines is 2. The van der Waals surface area contributed by atoms with Gasteiger partial charge in [0.15, 0.2) is 0 Å². The van der Waals surface area contributed by atoms with Crippen LogP contribution in [0.3, 0.4) is 0 Å². The van der Waals surface area contributed by atoms with Crippen molar-refractivity contribution in [1.82, 2.24) is 0 Å². The zero-order chi connectivity index (χ0) is 46.6. The minimum Gasteiger partial charge on any atom is -0.456 e. The highest BCUT2D eigenvalue weighted by molar-refractivity contribution is 6.03. The first kappa shape index (κ1) is 41.1. The number of hydrogen-bond acceptors (Lipinski definition) is 2. The summed E-state index contributed by atoms with van der Waals surface area (Å²) in [5.41, 5.74) is 22.4. The number of nitrogens with zero attached hydrogens (tertiary/aromatic N) is 1. The van der Waals surface area contributed by atoms with Gasteiger partial charge in [-0.05, 0) is 129 Å². The van der Waals surface area contributed by atoms with Crippen LogP contribution in [-0.4, -0.2) is 0 Å². The normalized spacial score (nSPS) is 16.4. The van der Waals surface area contributed by atoms with Crippen molar-refractivity contribution in [3.8, 4) is 34.6 Å². The molecule has 4 aliphatic rings. The number of benzene rings is 8. The van der Waals surface area contributed by atoms with Crippen LogP contribution >= 0.6 is 0 Å². The maximum atomic E-state index is 7.28. The number of aryl methyl sites for hydroxylation is 1. The van der Waals surface area contributed by atoms with Crippen molar-refractivity contribution in [1.29, 1.82) is 0 Å². The lowest BCUT2D eigenvalue weighted by atomic mass is 9.66. The van der Waals surface area contributed by atoms with Crippen LogP contribution in [0, 0.1) is 12.3 Å². The number of rotatable bonds is 7. The fourth-order valence-electron chi connectivity index (χ4n) is 13.1. The summed E-state index contributed by atoms with van der Waals surface area (Å²) in [5, 5.41) is 1.15. The van der Waals surface area contributed by atoms with E-state index in [4.69, 9.17) is 10.8 Å². The third kappa shape index (κ3) is 5.62. The van der Waals surface area contributed by atoms with E-state index in [1.54, 1.807) is 0 Å². The molecule has 0 atom stereocenters. The molecule has 13 rings (SSSR count). The molecular weight excluding hydrogens is 835 g/mol. The summed E-state index contributed by atoms with van der Waals surface area (Å²) in [6.07, 6.45) is 13.4. The Morgan fingerprint density at radius 3 is 1.77 bits per heavy atom. The Morgan fingerprint density at radius 1 is 0.580 bits per heavy atom. The molecule has 2 nitrogen and oxygen atoms in total. The second kappa shape index (κ2) is 15.2. The lowest BCUT2D eigenvalue weighted by Crippen LogP contribution is -2.30. The molecule has 0 unspecified atom stereocenters. The van der Waals surface area contributed by atoms with Gasteiger partial charge in [-0.1, -0.05) is 196 Å². The highest BCUT2D eigenvalue weighted by Crippen LogP contribution is 2.59. The average Bonchev–Trinajstić information content (AvgIpc) is 4.07. The van der Waals surface area contributed by atoms with Gasteiger partial charge in [0.2, 0.25) is 0 Å². The van der Waals surface area contributed by atoms with Gasteiger partial charge in [0.1, 0.15) is 11.3 Å². The Bertz CT molecular complexity index is 3650.